The second kappa shape index (κ2) is 8.72. The molecule has 2 N–H and O–H groups in total. The number of hydrogen-bond acceptors (Lipinski definition) is 1. The van der Waals surface area contributed by atoms with E-state index in [-0.39, 0.29) is 0 Å². The highest BCUT2D eigenvalue weighted by atomic mass is 31.2. The summed E-state index contributed by atoms with van der Waals surface area (Å²) in [5.41, 5.74) is 3.66. The first-order chi connectivity index (χ1) is 16.0. The number of hydrogen-bond donors (Lipinski definition) is 2. The molecule has 5 nitrogen and oxygen atoms in total. The van der Waals surface area contributed by atoms with E-state index in [2.05, 4.69) is 34.9 Å². The molecule has 0 aliphatic rings. The molecule has 33 heavy (non-hydrogen) atoms. The van der Waals surface area contributed by atoms with Crippen LogP contribution < -0.4 is 9.13 Å². The molecule has 0 bridgehead atoms. The minimum atomic E-state index is -4.41. The van der Waals surface area contributed by atoms with Gasteiger partial charge in [-0.25, -0.2) is 0 Å². The Kier molecular flexibility index (Phi) is 5.61. The van der Waals surface area contributed by atoms with Gasteiger partial charge in [0.25, 0.3) is 5.78 Å². The van der Waals surface area contributed by atoms with Gasteiger partial charge in [0.15, 0.2) is 24.8 Å². The lowest BCUT2D eigenvalue weighted by atomic mass is 10.1. The molecule has 0 aliphatic heterocycles. The van der Waals surface area contributed by atoms with Gasteiger partial charge in [-0.05, 0) is 22.6 Å². The lowest BCUT2D eigenvalue weighted by Gasteiger charge is -2.14. The fraction of sp³-hybridized carbons (Fsp3) is 0.0370. The zero-order valence-corrected chi connectivity index (χ0v) is 18.7. The van der Waals surface area contributed by atoms with Crippen LogP contribution in [0.3, 0.4) is 0 Å². The van der Waals surface area contributed by atoms with E-state index in [4.69, 9.17) is 0 Å². The van der Waals surface area contributed by atoms with Gasteiger partial charge in [-0.3, -0.25) is 4.57 Å². The number of benzene rings is 3. The molecule has 162 valence electrons. The van der Waals surface area contributed by atoms with E-state index >= 15 is 0 Å². The Bertz CT molecular complexity index is 1440. The third-order valence-electron chi connectivity index (χ3n) is 5.76. The highest BCUT2D eigenvalue weighted by Crippen LogP contribution is 2.49. The summed E-state index contributed by atoms with van der Waals surface area (Å²) in [7, 11) is -4.41. The van der Waals surface area contributed by atoms with Gasteiger partial charge in [0.05, 0.1) is 5.39 Å². The summed E-state index contributed by atoms with van der Waals surface area (Å²) in [6.45, 7) is 0. The Morgan fingerprint density at radius 3 is 1.88 bits per heavy atom. The zero-order chi connectivity index (χ0) is 22.8. The Morgan fingerprint density at radius 2 is 1.21 bits per heavy atom. The Labute approximate surface area is 192 Å². The largest absolute Gasteiger partial charge is 0.398 e. The van der Waals surface area contributed by atoms with Gasteiger partial charge in [-0.2, -0.15) is 9.13 Å². The maximum Gasteiger partial charge on any atom is 0.398 e. The maximum absolute atomic E-state index is 12.2. The van der Waals surface area contributed by atoms with E-state index in [9.17, 15) is 14.4 Å². The van der Waals surface area contributed by atoms with E-state index < -0.39 is 13.4 Å². The van der Waals surface area contributed by atoms with Gasteiger partial charge < -0.3 is 9.79 Å². The predicted molar refractivity (Wildman–Crippen MR) is 128 cm³/mol. The fourth-order valence-corrected chi connectivity index (χ4v) is 5.23. The SMILES string of the molecule is O=P(O)(O)C(c1ccccc1)[n+]1ccc(-c2cc[n+](-c3cccc4ccccc34)cc2)cc1. The standard InChI is InChI=1S/C27H21N2O3P/c30-33(31,32)27(24-8-2-1-3-9-24)29-19-15-22(16-20-29)21-13-17-28(18-14-21)26-12-6-10-23-7-4-5-11-25(23)26/h1-20,27H/p+2. The van der Waals surface area contributed by atoms with E-state index in [1.165, 1.54) is 10.8 Å². The minimum absolute atomic E-state index is 0.569. The fourth-order valence-electron chi connectivity index (χ4n) is 4.17. The summed E-state index contributed by atoms with van der Waals surface area (Å²) >= 11 is 0. The average Bonchev–Trinajstić information content (AvgIpc) is 2.84. The lowest BCUT2D eigenvalue weighted by Crippen LogP contribution is -2.39. The molecule has 6 heteroatoms. The van der Waals surface area contributed by atoms with Gasteiger partial charge in [-0.15, -0.1) is 0 Å². The first-order valence-electron chi connectivity index (χ1n) is 10.6. The number of pyridine rings is 2. The van der Waals surface area contributed by atoms with Crippen LogP contribution in [-0.4, -0.2) is 9.79 Å². The highest BCUT2D eigenvalue weighted by molar-refractivity contribution is 7.51. The van der Waals surface area contributed by atoms with Crippen LogP contribution >= 0.6 is 7.60 Å². The van der Waals surface area contributed by atoms with Crippen molar-refractivity contribution >= 4 is 18.4 Å². The molecule has 3 aromatic carbocycles. The van der Waals surface area contributed by atoms with Crippen molar-refractivity contribution in [1.29, 1.82) is 0 Å². The zero-order valence-electron chi connectivity index (χ0n) is 17.8. The number of rotatable bonds is 5. The van der Waals surface area contributed by atoms with Crippen LogP contribution in [0.5, 0.6) is 0 Å². The van der Waals surface area contributed by atoms with E-state index in [1.807, 2.05) is 54.9 Å². The second-order valence-electron chi connectivity index (χ2n) is 7.90. The molecule has 5 rings (SSSR count). The molecule has 0 spiro atoms. The Balaban J connectivity index is 1.45. The van der Waals surface area contributed by atoms with E-state index in [1.54, 1.807) is 41.2 Å². The molecule has 0 radical (unpaired) electrons. The summed E-state index contributed by atoms with van der Waals surface area (Å²) in [5.74, 6) is -1.06. The second-order valence-corrected chi connectivity index (χ2v) is 9.57. The topological polar surface area (TPSA) is 65.3 Å². The summed E-state index contributed by atoms with van der Waals surface area (Å²) in [6, 6.07) is 31.2. The van der Waals surface area contributed by atoms with Crippen molar-refractivity contribution in [2.24, 2.45) is 0 Å². The summed E-state index contributed by atoms with van der Waals surface area (Å²) in [5, 5.41) is 2.38. The van der Waals surface area contributed by atoms with Crippen molar-refractivity contribution < 1.29 is 23.5 Å². The Morgan fingerprint density at radius 1 is 0.636 bits per heavy atom. The van der Waals surface area contributed by atoms with Gasteiger partial charge in [0, 0.05) is 35.9 Å². The molecule has 1 unspecified atom stereocenters. The van der Waals surface area contributed by atoms with E-state index in [0.717, 1.165) is 16.8 Å². The number of fused-ring (bicyclic) bond motifs is 1. The molecule has 5 aromatic rings. The molecule has 1 atom stereocenters. The normalized spacial score (nSPS) is 12.5. The van der Waals surface area contributed by atoms with Crippen molar-refractivity contribution in [3.8, 4) is 16.8 Å². The third kappa shape index (κ3) is 4.35. The van der Waals surface area contributed by atoms with E-state index in [0.29, 0.717) is 5.56 Å². The minimum Gasteiger partial charge on any atom is -0.320 e. The van der Waals surface area contributed by atoms with Gasteiger partial charge >= 0.3 is 7.60 Å². The summed E-state index contributed by atoms with van der Waals surface area (Å²) < 4.78 is 15.9. The van der Waals surface area contributed by atoms with Crippen LogP contribution in [0, 0.1) is 0 Å². The van der Waals surface area contributed by atoms with Crippen molar-refractivity contribution in [2.75, 3.05) is 0 Å². The van der Waals surface area contributed by atoms with Crippen LogP contribution in [-0.2, 0) is 4.57 Å². The number of nitrogens with zero attached hydrogens (tertiary/aromatic N) is 2. The predicted octanol–water partition coefficient (Wildman–Crippen LogP) is 4.80. The van der Waals surface area contributed by atoms with Crippen LogP contribution in [0.25, 0.3) is 27.6 Å². The lowest BCUT2D eigenvalue weighted by molar-refractivity contribution is -0.695. The Hall–Kier alpha value is -3.63. The smallest absolute Gasteiger partial charge is 0.320 e. The summed E-state index contributed by atoms with van der Waals surface area (Å²) in [6.07, 6.45) is 7.50. The molecular formula is C27H23N2O3P+2. The molecule has 0 aliphatic carbocycles. The molecule has 0 fully saturated rings. The van der Waals surface area contributed by atoms with Gasteiger partial charge in [-0.1, -0.05) is 60.7 Å². The molecular weight excluding hydrogens is 431 g/mol. The molecule has 2 heterocycles. The van der Waals surface area contributed by atoms with Crippen molar-refractivity contribution in [3.05, 3.63) is 127 Å². The first-order valence-corrected chi connectivity index (χ1v) is 12.3. The quantitative estimate of drug-likeness (QED) is 0.296. The van der Waals surface area contributed by atoms with Crippen molar-refractivity contribution in [1.82, 2.24) is 0 Å². The summed E-state index contributed by atoms with van der Waals surface area (Å²) in [4.78, 5) is 19.9. The molecule has 0 saturated carbocycles. The van der Waals surface area contributed by atoms with Crippen molar-refractivity contribution in [2.45, 2.75) is 5.78 Å². The molecule has 2 aromatic heterocycles. The van der Waals surface area contributed by atoms with Crippen LogP contribution in [0.4, 0.5) is 0 Å². The molecule has 0 saturated heterocycles. The third-order valence-corrected chi connectivity index (χ3v) is 6.96. The van der Waals surface area contributed by atoms with Gasteiger partial charge in [0.1, 0.15) is 0 Å². The van der Waals surface area contributed by atoms with Gasteiger partial charge in [0.2, 0.25) is 5.69 Å². The average molecular weight is 454 g/mol. The highest BCUT2D eigenvalue weighted by Gasteiger charge is 2.38. The van der Waals surface area contributed by atoms with Crippen molar-refractivity contribution in [3.63, 3.8) is 0 Å². The van der Waals surface area contributed by atoms with Crippen LogP contribution in [0.2, 0.25) is 0 Å². The monoisotopic (exact) mass is 454 g/mol. The molecule has 0 amide bonds. The van der Waals surface area contributed by atoms with Crippen LogP contribution in [0.15, 0.2) is 122 Å². The maximum atomic E-state index is 12.2. The first kappa shape index (κ1) is 21.2. The van der Waals surface area contributed by atoms with Crippen LogP contribution in [0.1, 0.15) is 11.3 Å². The number of aromatic nitrogens is 2.